The summed E-state index contributed by atoms with van der Waals surface area (Å²) in [7, 11) is 4.09. The van der Waals surface area contributed by atoms with Gasteiger partial charge in [-0.3, -0.25) is 19.9 Å². The molecule has 0 radical (unpaired) electrons. The van der Waals surface area contributed by atoms with E-state index in [1.165, 1.54) is 21.8 Å². The first-order chi connectivity index (χ1) is 24.4. The van der Waals surface area contributed by atoms with Gasteiger partial charge in [0.15, 0.2) is 0 Å². The number of nitrogens with one attached hydrogen (secondary N) is 1. The smallest absolute Gasteiger partial charge is 0.222 e. The lowest BCUT2D eigenvalue weighted by molar-refractivity contribution is 0.969. The Kier molecular flexibility index (Phi) is 7.98. The molecule has 5 aromatic heterocycles. The predicted octanol–water partition coefficient (Wildman–Crippen LogP) is 8.21. The van der Waals surface area contributed by atoms with Gasteiger partial charge < -0.3 is 20.2 Å². The first kappa shape index (κ1) is 30.9. The van der Waals surface area contributed by atoms with Crippen molar-refractivity contribution >= 4 is 66.8 Å². The van der Waals surface area contributed by atoms with Gasteiger partial charge >= 0.3 is 0 Å². The highest BCUT2D eigenvalue weighted by Crippen LogP contribution is 2.33. The van der Waals surface area contributed by atoms with Gasteiger partial charge in [-0.1, -0.05) is 12.1 Å². The third kappa shape index (κ3) is 6.04. The summed E-state index contributed by atoms with van der Waals surface area (Å²) in [6, 6.07) is 25.0. The molecule has 0 saturated carbocycles. The minimum Gasteiger partial charge on any atom is -0.399 e. The van der Waals surface area contributed by atoms with E-state index in [9.17, 15) is 0 Å². The van der Waals surface area contributed by atoms with Crippen LogP contribution in [0.2, 0.25) is 5.28 Å². The van der Waals surface area contributed by atoms with Crippen LogP contribution in [0.5, 0.6) is 0 Å². The standard InChI is InChI=1S/C22H17ClN6.C17H14N4/c1-29-7-4-16-8-15(2-3-20(16)29)18-9-17(10-19-21(18)25-6-5-24-19)26-11-14-12-27-22(23)28-13-14;1-21-7-4-12-8-11(2-3-16(12)21)14-9-13(18)10-15-17(14)20-6-5-19-15/h2-10,12-13,26H,11H2,1H3;2-10H,18H2,1H3. The van der Waals surface area contributed by atoms with Crippen LogP contribution in [0.15, 0.2) is 122 Å². The average molecular weight is 675 g/mol. The number of aromatic nitrogens is 8. The molecular weight excluding hydrogens is 644 g/mol. The molecule has 4 aromatic carbocycles. The predicted molar refractivity (Wildman–Crippen MR) is 202 cm³/mol. The number of hydrogen-bond donors (Lipinski definition) is 2. The molecule has 0 bridgehead atoms. The highest BCUT2D eigenvalue weighted by molar-refractivity contribution is 6.28. The van der Waals surface area contributed by atoms with Crippen LogP contribution in [0.25, 0.3) is 66.1 Å². The molecule has 9 aromatic rings. The van der Waals surface area contributed by atoms with Crippen LogP contribution in [0.4, 0.5) is 11.4 Å². The lowest BCUT2D eigenvalue weighted by atomic mass is 10.0. The van der Waals surface area contributed by atoms with Crippen molar-refractivity contribution in [3.05, 3.63) is 133 Å². The molecule has 10 nitrogen and oxygen atoms in total. The van der Waals surface area contributed by atoms with E-state index in [1.807, 2.05) is 32.3 Å². The van der Waals surface area contributed by atoms with Crippen molar-refractivity contribution in [2.45, 2.75) is 6.54 Å². The fraction of sp³-hybridized carbons (Fsp3) is 0.0769. The Morgan fingerprint density at radius 3 is 1.76 bits per heavy atom. The average Bonchev–Trinajstić information content (AvgIpc) is 3.71. The van der Waals surface area contributed by atoms with Crippen LogP contribution in [-0.4, -0.2) is 39.0 Å². The van der Waals surface area contributed by atoms with Crippen molar-refractivity contribution in [1.29, 1.82) is 0 Å². The second kappa shape index (κ2) is 12.9. The van der Waals surface area contributed by atoms with Crippen molar-refractivity contribution in [1.82, 2.24) is 39.0 Å². The topological polar surface area (TPSA) is 125 Å². The highest BCUT2D eigenvalue weighted by Gasteiger charge is 2.12. The van der Waals surface area contributed by atoms with Crippen molar-refractivity contribution in [3.8, 4) is 22.3 Å². The number of halogens is 1. The number of anilines is 2. The van der Waals surface area contributed by atoms with Gasteiger partial charge in [-0.25, -0.2) is 9.97 Å². The summed E-state index contributed by atoms with van der Waals surface area (Å²) in [6.07, 6.45) is 14.4. The van der Waals surface area contributed by atoms with Crippen molar-refractivity contribution < 1.29 is 0 Å². The zero-order valence-electron chi connectivity index (χ0n) is 27.3. The lowest BCUT2D eigenvalue weighted by Crippen LogP contribution is -2.01. The molecule has 50 heavy (non-hydrogen) atoms. The second-order valence-corrected chi connectivity index (χ2v) is 12.4. The quantitative estimate of drug-likeness (QED) is 0.138. The van der Waals surface area contributed by atoms with Crippen molar-refractivity contribution in [3.63, 3.8) is 0 Å². The molecule has 0 aliphatic heterocycles. The number of benzene rings is 4. The Hall–Kier alpha value is -6.39. The van der Waals surface area contributed by atoms with Crippen LogP contribution in [0, 0.1) is 0 Å². The van der Waals surface area contributed by atoms with Crippen molar-refractivity contribution in [2.24, 2.45) is 14.1 Å². The monoisotopic (exact) mass is 674 g/mol. The number of nitrogen functional groups attached to an aromatic ring is 1. The molecule has 5 heterocycles. The van der Waals surface area contributed by atoms with E-state index in [0.29, 0.717) is 12.2 Å². The van der Waals surface area contributed by atoms with Crippen LogP contribution >= 0.6 is 11.6 Å². The minimum absolute atomic E-state index is 0.244. The fourth-order valence-corrected chi connectivity index (χ4v) is 6.34. The summed E-state index contributed by atoms with van der Waals surface area (Å²) >= 11 is 5.77. The summed E-state index contributed by atoms with van der Waals surface area (Å²) in [5, 5.41) is 6.07. The molecule has 0 fully saturated rings. The lowest BCUT2D eigenvalue weighted by Gasteiger charge is -2.12. The van der Waals surface area contributed by atoms with Crippen LogP contribution in [-0.2, 0) is 20.6 Å². The largest absolute Gasteiger partial charge is 0.399 e. The maximum atomic E-state index is 6.01. The molecule has 3 N–H and O–H groups in total. The molecule has 0 aliphatic rings. The van der Waals surface area contributed by atoms with Gasteiger partial charge in [0.2, 0.25) is 5.28 Å². The third-order valence-corrected chi connectivity index (χ3v) is 8.93. The molecule has 0 unspecified atom stereocenters. The number of hydrogen-bond acceptors (Lipinski definition) is 8. The van der Waals surface area contributed by atoms with E-state index >= 15 is 0 Å². The summed E-state index contributed by atoms with van der Waals surface area (Å²) in [5.41, 5.74) is 18.7. The first-order valence-electron chi connectivity index (χ1n) is 16.0. The molecular formula is C39H31ClN10. The van der Waals surface area contributed by atoms with E-state index < -0.39 is 0 Å². The molecule has 11 heteroatoms. The van der Waals surface area contributed by atoms with Gasteiger partial charge in [-0.2, -0.15) is 0 Å². The number of nitrogens with zero attached hydrogens (tertiary/aromatic N) is 8. The van der Waals surface area contributed by atoms with E-state index in [1.54, 1.807) is 37.2 Å². The van der Waals surface area contributed by atoms with Crippen LogP contribution in [0.1, 0.15) is 5.56 Å². The zero-order chi connectivity index (χ0) is 34.2. The Morgan fingerprint density at radius 2 is 1.16 bits per heavy atom. The van der Waals surface area contributed by atoms with Crippen LogP contribution in [0.3, 0.4) is 0 Å². The number of rotatable bonds is 5. The Labute approximate surface area is 292 Å². The summed E-state index contributed by atoms with van der Waals surface area (Å²) in [4.78, 5) is 26.0. The first-order valence-corrected chi connectivity index (χ1v) is 16.3. The molecule has 0 aliphatic carbocycles. The Bertz CT molecular complexity index is 2660. The summed E-state index contributed by atoms with van der Waals surface area (Å²) < 4.78 is 4.22. The molecule has 0 spiro atoms. The molecule has 0 amide bonds. The van der Waals surface area contributed by atoms with Gasteiger partial charge in [0.05, 0.1) is 22.1 Å². The van der Waals surface area contributed by atoms with Crippen LogP contribution < -0.4 is 11.1 Å². The van der Waals surface area contributed by atoms with Gasteiger partial charge in [0, 0.05) is 120 Å². The molecule has 9 rings (SSSR count). The van der Waals surface area contributed by atoms with E-state index in [4.69, 9.17) is 17.3 Å². The SMILES string of the molecule is Cn1ccc2cc(-c3cc(N)cc4nccnc34)ccc21.Cn1ccc2cc(-c3cc(NCc4cnc(Cl)nc4)cc4nccnc34)ccc21. The van der Waals surface area contributed by atoms with E-state index in [0.717, 1.165) is 55.6 Å². The number of aryl methyl sites for hydroxylation is 2. The zero-order valence-corrected chi connectivity index (χ0v) is 28.0. The van der Waals surface area contributed by atoms with Gasteiger partial charge in [0.1, 0.15) is 0 Å². The number of nitrogens with two attached hydrogens (primary N) is 1. The minimum atomic E-state index is 0.244. The second-order valence-electron chi connectivity index (χ2n) is 12.1. The van der Waals surface area contributed by atoms with Gasteiger partial charge in [0.25, 0.3) is 0 Å². The Balaban J connectivity index is 0.000000152. The highest BCUT2D eigenvalue weighted by atomic mass is 35.5. The van der Waals surface area contributed by atoms with E-state index in [2.05, 4.69) is 111 Å². The van der Waals surface area contributed by atoms with Gasteiger partial charge in [-0.05, 0) is 83.4 Å². The normalized spacial score (nSPS) is 11.3. The molecule has 244 valence electrons. The fourth-order valence-electron chi connectivity index (χ4n) is 6.25. The number of fused-ring (bicyclic) bond motifs is 4. The maximum Gasteiger partial charge on any atom is 0.222 e. The molecule has 0 atom stereocenters. The van der Waals surface area contributed by atoms with Gasteiger partial charge in [-0.15, -0.1) is 0 Å². The summed E-state index contributed by atoms with van der Waals surface area (Å²) in [5.74, 6) is 0. The van der Waals surface area contributed by atoms with E-state index in [-0.39, 0.29) is 5.28 Å². The van der Waals surface area contributed by atoms with Crippen molar-refractivity contribution in [2.75, 3.05) is 11.1 Å². The molecule has 0 saturated heterocycles. The summed E-state index contributed by atoms with van der Waals surface area (Å²) in [6.45, 7) is 0.583. The third-order valence-electron chi connectivity index (χ3n) is 8.73. The Morgan fingerprint density at radius 1 is 0.620 bits per heavy atom. The maximum absolute atomic E-state index is 6.01.